The molecule has 55 heteroatoms. The third kappa shape index (κ3) is 44.6. The van der Waals surface area contributed by atoms with Crippen molar-refractivity contribution < 1.29 is 156 Å². The number of carboxylic acid groups (broad SMARTS) is 4. The van der Waals surface area contributed by atoms with Crippen molar-refractivity contribution in [1.29, 1.82) is 0 Å². The second-order valence-electron chi connectivity index (χ2n) is 33.6. The zero-order valence-corrected chi connectivity index (χ0v) is 78.6. The standard InChI is InChI=1S/C86H129N23O32/c1-40(2)28-55(77(131)100-52(23-26-66(120)121)75(129)91-34-63(116)97-53(21-24-62(89)115)76(130)96-42(5)70(124)94-43(6)72(126)101-54(86(140)141)16-12-13-27-87)102-78(132)57(30-47-17-19-49(114)20-18-47)103-81(135)59(36-110)105-83(137)61(38-112)106-84(138)68(41(3)4)108-80(134)58(32-67(122)123)104-82(136)60(37-111)107-85(139)69(45(8)113)109-79(133)56(29-46-14-10-9-11-15-46)98-64(117)35-92-74(128)51(22-25-65(118)119)99-71(125)44(7)95-73(127)50(88)31-48-33-90-39-93-48/h9-11,14-15,17-20,33,39-45,50-61,68-69,110-114H,12-13,16,21-32,34-38,87-88H2,1-8H3,(H2,89,115)(H,90,93)(H,91,129)(H,92,128)(H,94,124)(H,95,127)(H,96,130)(H,97,116)(H,98,117)(H,99,125)(H,100,131)(H,101,126)(H,102,132)(H,103,135)(H,104,136)(H,105,137)(H,106,138)(H,107,139)(H,108,134)(H,109,133)(H,118,119)(H,120,121)(H,122,123)(H,140,141)/t42-,43-,44-,45+,50-,51-,52-,53-,54-,55-,56-,57-,58-,59-,60-,61-,68-,69-/m0/s1. The summed E-state index contributed by atoms with van der Waals surface area (Å²) in [5.41, 5.74) is 17.8. The van der Waals surface area contributed by atoms with Gasteiger partial charge in [0, 0.05) is 44.7 Å². The molecule has 780 valence electrons. The minimum absolute atomic E-state index is 0.0211. The van der Waals surface area contributed by atoms with Crippen LogP contribution in [-0.4, -0.2) is 340 Å². The molecule has 0 saturated carbocycles. The number of nitrogens with two attached hydrogens (primary N) is 3. The van der Waals surface area contributed by atoms with Crippen LogP contribution in [0.4, 0.5) is 0 Å². The summed E-state index contributed by atoms with van der Waals surface area (Å²) < 4.78 is 0. The summed E-state index contributed by atoms with van der Waals surface area (Å²) in [6, 6.07) is -16.5. The first-order valence-corrected chi connectivity index (χ1v) is 44.6. The molecule has 1 heterocycles. The van der Waals surface area contributed by atoms with Gasteiger partial charge < -0.3 is 164 Å². The third-order valence-corrected chi connectivity index (χ3v) is 20.9. The van der Waals surface area contributed by atoms with Gasteiger partial charge >= 0.3 is 23.9 Å². The highest BCUT2D eigenvalue weighted by Crippen LogP contribution is 2.16. The molecular formula is C86H129N23O32. The average Bonchev–Trinajstić information content (AvgIpc) is 1.26. The fraction of sp³-hybridized carbons (Fsp3) is 0.558. The molecule has 0 unspecified atom stereocenters. The van der Waals surface area contributed by atoms with E-state index in [1.54, 1.807) is 32.0 Å². The molecule has 0 aliphatic carbocycles. The normalized spacial score (nSPS) is 14.9. The maximum Gasteiger partial charge on any atom is 0.326 e. The van der Waals surface area contributed by atoms with Gasteiger partial charge in [-0.15, -0.1) is 0 Å². The van der Waals surface area contributed by atoms with Crippen LogP contribution in [-0.2, 0) is 130 Å². The lowest BCUT2D eigenvalue weighted by atomic mass is 10.00. The number of benzene rings is 2. The number of carboxylic acids is 4. The van der Waals surface area contributed by atoms with Crippen molar-refractivity contribution in [3.05, 3.63) is 83.9 Å². The van der Waals surface area contributed by atoms with Crippen LogP contribution in [0.25, 0.3) is 0 Å². The van der Waals surface area contributed by atoms with E-state index < -0.39 is 341 Å². The lowest BCUT2D eigenvalue weighted by Crippen LogP contribution is -2.63. The fourth-order valence-corrected chi connectivity index (χ4v) is 13.1. The predicted molar refractivity (Wildman–Crippen MR) is 488 cm³/mol. The van der Waals surface area contributed by atoms with Gasteiger partial charge in [0.2, 0.25) is 112 Å². The molecule has 0 fully saturated rings. The van der Waals surface area contributed by atoms with E-state index in [2.05, 4.69) is 100 Å². The Morgan fingerprint density at radius 2 is 0.752 bits per heavy atom. The maximum atomic E-state index is 14.6. The molecule has 1 aromatic heterocycles. The minimum atomic E-state index is -2.20. The topological polar surface area (TPSA) is 898 Å². The van der Waals surface area contributed by atoms with Gasteiger partial charge in [-0.1, -0.05) is 70.2 Å². The number of phenols is 1. The van der Waals surface area contributed by atoms with Crippen molar-refractivity contribution >= 4 is 136 Å². The molecule has 3 aromatic rings. The second-order valence-corrected chi connectivity index (χ2v) is 33.6. The largest absolute Gasteiger partial charge is 0.508 e. The van der Waals surface area contributed by atoms with Gasteiger partial charge in [0.05, 0.1) is 63.5 Å². The highest BCUT2D eigenvalue weighted by atomic mass is 16.4. The number of carbonyl (C=O) groups excluding carboxylic acids is 19. The first-order chi connectivity index (χ1) is 66.3. The molecule has 2 aromatic carbocycles. The first-order valence-electron chi connectivity index (χ1n) is 44.6. The van der Waals surface area contributed by atoms with Gasteiger partial charge in [-0.25, -0.2) is 9.78 Å². The Labute approximate surface area is 807 Å². The van der Waals surface area contributed by atoms with Crippen molar-refractivity contribution in [2.24, 2.45) is 29.0 Å². The van der Waals surface area contributed by atoms with E-state index in [1.165, 1.54) is 83.5 Å². The number of rotatable bonds is 65. The van der Waals surface area contributed by atoms with Crippen LogP contribution < -0.4 is 113 Å². The molecule has 0 aliphatic heterocycles. The van der Waals surface area contributed by atoms with Crippen molar-refractivity contribution in [2.45, 2.75) is 254 Å². The lowest BCUT2D eigenvalue weighted by Gasteiger charge is -2.28. The number of hydrogen-bond donors (Lipinski definition) is 31. The van der Waals surface area contributed by atoms with Crippen LogP contribution in [0.3, 0.4) is 0 Å². The second kappa shape index (κ2) is 61.4. The fourth-order valence-electron chi connectivity index (χ4n) is 13.1. The number of primary amides is 1. The number of nitrogens with zero attached hydrogens (tertiary/aromatic N) is 1. The van der Waals surface area contributed by atoms with E-state index in [0.29, 0.717) is 24.1 Å². The molecule has 141 heavy (non-hydrogen) atoms. The molecular weight excluding hydrogens is 1870 g/mol. The number of carbonyl (C=O) groups is 23. The predicted octanol–water partition coefficient (Wildman–Crippen LogP) is -11.7. The number of H-pyrrole nitrogens is 1. The molecule has 55 nitrogen and oxygen atoms in total. The summed E-state index contributed by atoms with van der Waals surface area (Å²) in [7, 11) is 0. The van der Waals surface area contributed by atoms with E-state index in [1.807, 2.05) is 5.32 Å². The van der Waals surface area contributed by atoms with E-state index in [4.69, 9.17) is 17.2 Å². The van der Waals surface area contributed by atoms with Crippen LogP contribution in [0.15, 0.2) is 67.1 Å². The number of aliphatic hydroxyl groups excluding tert-OH is 4. The molecule has 19 amide bonds. The number of imidazole rings is 1. The number of phenolic OH excluding ortho intramolecular Hbond substituents is 1. The average molecular weight is 2000 g/mol. The number of aromatic amines is 1. The zero-order chi connectivity index (χ0) is 106. The molecule has 0 saturated heterocycles. The van der Waals surface area contributed by atoms with Gasteiger partial charge in [0.15, 0.2) is 0 Å². The molecule has 0 spiro atoms. The number of aliphatic carboxylic acids is 4. The first kappa shape index (κ1) is 120. The van der Waals surface area contributed by atoms with E-state index >= 15 is 0 Å². The number of aromatic hydroxyl groups is 1. The number of amides is 19. The molecule has 0 radical (unpaired) electrons. The Balaban J connectivity index is 1.80. The molecule has 0 aliphatic rings. The summed E-state index contributed by atoms with van der Waals surface area (Å²) >= 11 is 0. The molecule has 18 atom stereocenters. The van der Waals surface area contributed by atoms with Crippen molar-refractivity contribution in [3.8, 4) is 5.75 Å². The van der Waals surface area contributed by atoms with Crippen molar-refractivity contribution in [1.82, 2.24) is 106 Å². The van der Waals surface area contributed by atoms with Gasteiger partial charge in [-0.2, -0.15) is 0 Å². The molecule has 0 bridgehead atoms. The van der Waals surface area contributed by atoms with E-state index in [0.717, 1.165) is 6.92 Å². The van der Waals surface area contributed by atoms with Crippen LogP contribution >= 0.6 is 0 Å². The number of aliphatic hydroxyl groups is 4. The summed E-state index contributed by atoms with van der Waals surface area (Å²) in [4.78, 5) is 313. The van der Waals surface area contributed by atoms with Crippen molar-refractivity contribution in [3.63, 3.8) is 0 Å². The Morgan fingerprint density at radius 1 is 0.376 bits per heavy atom. The highest BCUT2D eigenvalue weighted by Gasteiger charge is 2.40. The lowest BCUT2D eigenvalue weighted by molar-refractivity contribution is -0.142. The highest BCUT2D eigenvalue weighted by molar-refractivity contribution is 6.02. The summed E-state index contributed by atoms with van der Waals surface area (Å²) in [5.74, 6) is -29.9. The van der Waals surface area contributed by atoms with Gasteiger partial charge in [0.25, 0.3) is 0 Å². The van der Waals surface area contributed by atoms with Crippen molar-refractivity contribution in [2.75, 3.05) is 39.5 Å². The Hall–Kier alpha value is -15.0. The number of unbranched alkanes of at least 4 members (excludes halogenated alkanes) is 1. The Bertz CT molecular complexity index is 4800. The summed E-state index contributed by atoms with van der Waals surface area (Å²) in [6.07, 6.45) is -4.23. The van der Waals surface area contributed by atoms with Crippen LogP contribution in [0.5, 0.6) is 5.75 Å². The SMILES string of the molecule is CC(C)C[C@H](NC(=O)[C@H](Cc1ccc(O)cc1)NC(=O)[C@H](CO)NC(=O)[C@H](CO)NC(=O)[C@@H](NC(=O)[C@H](CC(=O)O)NC(=O)[C@H](CO)NC(=O)[C@@H](NC(=O)[C@H](Cc1ccccc1)NC(=O)CNC(=O)[C@H](CCC(=O)O)NC(=O)[C@H](C)NC(=O)[C@@H](N)Cc1c[nH]cn1)[C@@H](C)O)C(C)C)C(=O)N[C@@H](CCC(=O)O)C(=O)NCC(=O)N[C@@H](CCC(N)=O)C(=O)N[C@@H](C)C(=O)N[C@@H](C)C(=O)N[C@@H](CCCCN)C(=O)O. The number of nitrogens with one attached hydrogen (secondary N) is 19. The zero-order valence-electron chi connectivity index (χ0n) is 78.6. The quantitative estimate of drug-likeness (QED) is 0.0233. The third-order valence-electron chi connectivity index (χ3n) is 20.9. The van der Waals surface area contributed by atoms with E-state index in [-0.39, 0.29) is 43.5 Å². The summed E-state index contributed by atoms with van der Waals surface area (Å²) in [5, 5.41) is 132. The molecule has 34 N–H and O–H groups in total. The Kier molecular flexibility index (Phi) is 52.3. The van der Waals surface area contributed by atoms with E-state index in [9.17, 15) is 156 Å². The van der Waals surface area contributed by atoms with Crippen LogP contribution in [0.1, 0.15) is 143 Å². The smallest absolute Gasteiger partial charge is 0.326 e. The van der Waals surface area contributed by atoms with Gasteiger partial charge in [-0.3, -0.25) is 105 Å². The monoisotopic (exact) mass is 2000 g/mol. The summed E-state index contributed by atoms with van der Waals surface area (Å²) in [6.45, 7) is 4.89. The maximum absolute atomic E-state index is 14.6. The number of hydrogen-bond acceptors (Lipinski definition) is 31. The molecule has 3 rings (SSSR count). The van der Waals surface area contributed by atoms with Crippen LogP contribution in [0.2, 0.25) is 0 Å². The van der Waals surface area contributed by atoms with Gasteiger partial charge in [-0.05, 0) is 114 Å². The minimum Gasteiger partial charge on any atom is -0.508 e. The van der Waals surface area contributed by atoms with Crippen LogP contribution in [0, 0.1) is 11.8 Å². The Morgan fingerprint density at radius 3 is 1.21 bits per heavy atom. The van der Waals surface area contributed by atoms with Gasteiger partial charge in [0.1, 0.15) is 102 Å². The number of aromatic nitrogens is 2.